The SMILES string of the molecule is COCCN(C)CC1CCCC1=O. The summed E-state index contributed by atoms with van der Waals surface area (Å²) in [6, 6.07) is 0. The molecule has 0 aromatic rings. The molecule has 1 fully saturated rings. The largest absolute Gasteiger partial charge is 0.383 e. The van der Waals surface area contributed by atoms with Crippen LogP contribution >= 0.6 is 0 Å². The first kappa shape index (κ1) is 10.7. The Morgan fingerprint density at radius 2 is 2.38 bits per heavy atom. The molecule has 1 atom stereocenters. The predicted octanol–water partition coefficient (Wildman–Crippen LogP) is 0.934. The second-order valence-electron chi connectivity index (χ2n) is 3.81. The van der Waals surface area contributed by atoms with Crippen LogP contribution in [0.1, 0.15) is 19.3 Å². The zero-order chi connectivity index (χ0) is 9.68. The van der Waals surface area contributed by atoms with Crippen LogP contribution in [0.25, 0.3) is 0 Å². The molecule has 0 saturated heterocycles. The van der Waals surface area contributed by atoms with Crippen LogP contribution in [-0.2, 0) is 9.53 Å². The predicted molar refractivity (Wildman–Crippen MR) is 51.7 cm³/mol. The summed E-state index contributed by atoms with van der Waals surface area (Å²) in [6.45, 7) is 2.57. The van der Waals surface area contributed by atoms with Crippen LogP contribution in [0.2, 0.25) is 0 Å². The molecule has 13 heavy (non-hydrogen) atoms. The number of likely N-dealkylation sites (N-methyl/N-ethyl adjacent to an activating group) is 1. The van der Waals surface area contributed by atoms with E-state index in [2.05, 4.69) is 4.90 Å². The number of carbonyl (C=O) groups is 1. The van der Waals surface area contributed by atoms with Crippen LogP contribution in [-0.4, -0.2) is 44.5 Å². The molecular weight excluding hydrogens is 166 g/mol. The van der Waals surface area contributed by atoms with E-state index in [1.807, 2.05) is 7.05 Å². The second kappa shape index (κ2) is 5.35. The summed E-state index contributed by atoms with van der Waals surface area (Å²) in [5, 5.41) is 0. The summed E-state index contributed by atoms with van der Waals surface area (Å²) in [5.74, 6) is 0.742. The van der Waals surface area contributed by atoms with E-state index < -0.39 is 0 Å². The molecule has 0 aliphatic heterocycles. The second-order valence-corrected chi connectivity index (χ2v) is 3.81. The highest BCUT2D eigenvalue weighted by Gasteiger charge is 2.24. The van der Waals surface area contributed by atoms with Crippen LogP contribution in [0.4, 0.5) is 0 Å². The first-order chi connectivity index (χ1) is 6.24. The summed E-state index contributed by atoms with van der Waals surface area (Å²) < 4.78 is 4.98. The lowest BCUT2D eigenvalue weighted by Crippen LogP contribution is -2.30. The highest BCUT2D eigenvalue weighted by Crippen LogP contribution is 2.21. The lowest BCUT2D eigenvalue weighted by molar-refractivity contribution is -0.121. The van der Waals surface area contributed by atoms with Gasteiger partial charge in [0.05, 0.1) is 6.61 Å². The molecule has 3 nitrogen and oxygen atoms in total. The fraction of sp³-hybridized carbons (Fsp3) is 0.900. The number of hydrogen-bond donors (Lipinski definition) is 0. The lowest BCUT2D eigenvalue weighted by Gasteiger charge is -2.19. The van der Waals surface area contributed by atoms with Crippen molar-refractivity contribution in [3.8, 4) is 0 Å². The van der Waals surface area contributed by atoms with Gasteiger partial charge in [-0.15, -0.1) is 0 Å². The van der Waals surface area contributed by atoms with Gasteiger partial charge in [0.25, 0.3) is 0 Å². The van der Waals surface area contributed by atoms with E-state index in [1.165, 1.54) is 0 Å². The smallest absolute Gasteiger partial charge is 0.137 e. The van der Waals surface area contributed by atoms with E-state index in [1.54, 1.807) is 7.11 Å². The molecule has 0 bridgehead atoms. The normalized spacial score (nSPS) is 23.0. The number of Topliss-reactive ketones (excluding diaryl/α,β-unsaturated/α-hetero) is 1. The van der Waals surface area contributed by atoms with Gasteiger partial charge in [-0.05, 0) is 19.9 Å². The van der Waals surface area contributed by atoms with Gasteiger partial charge in [-0.25, -0.2) is 0 Å². The Hall–Kier alpha value is -0.410. The Labute approximate surface area is 80.1 Å². The lowest BCUT2D eigenvalue weighted by atomic mass is 10.1. The van der Waals surface area contributed by atoms with Crippen LogP contribution in [0.15, 0.2) is 0 Å². The fourth-order valence-corrected chi connectivity index (χ4v) is 1.80. The fourth-order valence-electron chi connectivity index (χ4n) is 1.80. The molecule has 0 spiro atoms. The summed E-state index contributed by atoms with van der Waals surface area (Å²) >= 11 is 0. The zero-order valence-electron chi connectivity index (χ0n) is 8.58. The Morgan fingerprint density at radius 1 is 1.62 bits per heavy atom. The van der Waals surface area contributed by atoms with Crippen molar-refractivity contribution >= 4 is 5.78 Å². The third-order valence-electron chi connectivity index (χ3n) is 2.64. The average Bonchev–Trinajstić information content (AvgIpc) is 2.48. The maximum atomic E-state index is 11.3. The van der Waals surface area contributed by atoms with Crippen LogP contribution in [0, 0.1) is 5.92 Å². The van der Waals surface area contributed by atoms with Crippen molar-refractivity contribution in [3.05, 3.63) is 0 Å². The number of nitrogens with zero attached hydrogens (tertiary/aromatic N) is 1. The molecule has 0 N–H and O–H groups in total. The minimum atomic E-state index is 0.293. The molecule has 1 rings (SSSR count). The van der Waals surface area contributed by atoms with Crippen molar-refractivity contribution in [2.24, 2.45) is 5.92 Å². The topological polar surface area (TPSA) is 29.5 Å². The highest BCUT2D eigenvalue weighted by molar-refractivity contribution is 5.83. The molecule has 0 aromatic carbocycles. The summed E-state index contributed by atoms with van der Waals surface area (Å²) in [6.07, 6.45) is 2.96. The maximum Gasteiger partial charge on any atom is 0.137 e. The molecule has 1 saturated carbocycles. The van der Waals surface area contributed by atoms with Gasteiger partial charge in [0, 0.05) is 32.5 Å². The highest BCUT2D eigenvalue weighted by atomic mass is 16.5. The van der Waals surface area contributed by atoms with Gasteiger partial charge in [0.1, 0.15) is 5.78 Å². The number of methoxy groups -OCH3 is 1. The van der Waals surface area contributed by atoms with E-state index in [4.69, 9.17) is 4.74 Å². The minimum Gasteiger partial charge on any atom is -0.383 e. The van der Waals surface area contributed by atoms with E-state index in [9.17, 15) is 4.79 Å². The molecule has 0 amide bonds. The standard InChI is InChI=1S/C10H19NO2/c1-11(6-7-13-2)8-9-4-3-5-10(9)12/h9H,3-8H2,1-2H3. The number of rotatable bonds is 5. The quantitative estimate of drug-likeness (QED) is 0.638. The zero-order valence-corrected chi connectivity index (χ0v) is 8.58. The van der Waals surface area contributed by atoms with Crippen molar-refractivity contribution in [3.63, 3.8) is 0 Å². The van der Waals surface area contributed by atoms with Gasteiger partial charge in [-0.2, -0.15) is 0 Å². The Balaban J connectivity index is 2.19. The van der Waals surface area contributed by atoms with Crippen molar-refractivity contribution in [2.45, 2.75) is 19.3 Å². The third kappa shape index (κ3) is 3.44. The Kier molecular flexibility index (Phi) is 4.39. The van der Waals surface area contributed by atoms with Gasteiger partial charge in [0.15, 0.2) is 0 Å². The van der Waals surface area contributed by atoms with Gasteiger partial charge >= 0.3 is 0 Å². The van der Waals surface area contributed by atoms with Crippen LogP contribution in [0.5, 0.6) is 0 Å². The summed E-state index contributed by atoms with van der Waals surface area (Å²) in [5.41, 5.74) is 0. The molecular formula is C10H19NO2. The van der Waals surface area contributed by atoms with Gasteiger partial charge in [-0.3, -0.25) is 4.79 Å². The van der Waals surface area contributed by atoms with Gasteiger partial charge < -0.3 is 9.64 Å². The van der Waals surface area contributed by atoms with E-state index in [-0.39, 0.29) is 0 Å². The first-order valence-corrected chi connectivity index (χ1v) is 4.94. The van der Waals surface area contributed by atoms with E-state index in [0.29, 0.717) is 11.7 Å². The molecule has 0 radical (unpaired) electrons. The number of hydrogen-bond acceptors (Lipinski definition) is 3. The number of carbonyl (C=O) groups excluding carboxylic acids is 1. The van der Waals surface area contributed by atoms with Crippen LogP contribution in [0.3, 0.4) is 0 Å². The maximum absolute atomic E-state index is 11.3. The minimum absolute atomic E-state index is 0.293. The van der Waals surface area contributed by atoms with Crippen molar-refractivity contribution in [1.82, 2.24) is 4.90 Å². The summed E-state index contributed by atoms with van der Waals surface area (Å²) in [4.78, 5) is 13.5. The Morgan fingerprint density at radius 3 is 2.92 bits per heavy atom. The average molecular weight is 185 g/mol. The van der Waals surface area contributed by atoms with Gasteiger partial charge in [0.2, 0.25) is 0 Å². The number of ketones is 1. The van der Waals surface area contributed by atoms with E-state index in [0.717, 1.165) is 39.0 Å². The third-order valence-corrected chi connectivity index (χ3v) is 2.64. The molecule has 3 heteroatoms. The van der Waals surface area contributed by atoms with Gasteiger partial charge in [-0.1, -0.05) is 0 Å². The molecule has 1 aliphatic carbocycles. The molecule has 1 aliphatic rings. The van der Waals surface area contributed by atoms with Crippen molar-refractivity contribution < 1.29 is 9.53 Å². The van der Waals surface area contributed by atoms with Crippen molar-refractivity contribution in [2.75, 3.05) is 33.9 Å². The van der Waals surface area contributed by atoms with Crippen LogP contribution < -0.4 is 0 Å². The number of ether oxygens (including phenoxy) is 1. The molecule has 0 aromatic heterocycles. The van der Waals surface area contributed by atoms with Crippen molar-refractivity contribution in [1.29, 1.82) is 0 Å². The first-order valence-electron chi connectivity index (χ1n) is 4.94. The summed E-state index contributed by atoms with van der Waals surface area (Å²) in [7, 11) is 3.75. The Bertz CT molecular complexity index is 170. The van der Waals surface area contributed by atoms with E-state index >= 15 is 0 Å². The molecule has 76 valence electrons. The monoisotopic (exact) mass is 185 g/mol. The molecule has 1 unspecified atom stereocenters. The molecule has 0 heterocycles.